The number of aryl methyl sites for hydroxylation is 2. The molecule has 7 nitrogen and oxygen atoms in total. The summed E-state index contributed by atoms with van der Waals surface area (Å²) in [6.45, 7) is 5.63. The molecule has 27 heavy (non-hydrogen) atoms. The van der Waals surface area contributed by atoms with Gasteiger partial charge in [-0.25, -0.2) is 15.0 Å². The maximum Gasteiger partial charge on any atom is 0.422 e. The molecule has 10 heteroatoms. The van der Waals surface area contributed by atoms with Gasteiger partial charge < -0.3 is 19.8 Å². The number of pyridine rings is 1. The summed E-state index contributed by atoms with van der Waals surface area (Å²) in [7, 11) is 0. The van der Waals surface area contributed by atoms with Crippen molar-refractivity contribution < 1.29 is 22.3 Å². The Morgan fingerprint density at radius 1 is 1.26 bits per heavy atom. The minimum absolute atomic E-state index is 0.0836. The van der Waals surface area contributed by atoms with Crippen LogP contribution >= 0.6 is 0 Å². The maximum atomic E-state index is 12.1. The molecule has 0 amide bonds. The quantitative estimate of drug-likeness (QED) is 0.563. The molecule has 0 aromatic carbocycles. The van der Waals surface area contributed by atoms with Gasteiger partial charge in [0.1, 0.15) is 5.76 Å². The fraction of sp³-hybridized carbons (Fsp3) is 0.471. The topological polar surface area (TPSA) is 84.6 Å². The Bertz CT molecular complexity index is 737. The van der Waals surface area contributed by atoms with Crippen molar-refractivity contribution in [1.82, 2.24) is 20.6 Å². The van der Waals surface area contributed by atoms with Gasteiger partial charge in [0.25, 0.3) is 0 Å². The summed E-state index contributed by atoms with van der Waals surface area (Å²) in [5.41, 5.74) is 1.57. The number of halogens is 3. The third kappa shape index (κ3) is 7.16. The highest BCUT2D eigenvalue weighted by Crippen LogP contribution is 2.17. The van der Waals surface area contributed by atoms with Gasteiger partial charge >= 0.3 is 6.18 Å². The predicted octanol–water partition coefficient (Wildman–Crippen LogP) is 2.88. The van der Waals surface area contributed by atoms with Gasteiger partial charge in [0, 0.05) is 18.8 Å². The molecule has 0 aliphatic rings. The van der Waals surface area contributed by atoms with Crippen molar-refractivity contribution in [3.05, 3.63) is 41.2 Å². The first-order chi connectivity index (χ1) is 12.8. The van der Waals surface area contributed by atoms with Gasteiger partial charge in [0.15, 0.2) is 12.6 Å². The molecule has 0 unspecified atom stereocenters. The number of oxazole rings is 1. The van der Waals surface area contributed by atoms with Gasteiger partial charge in [-0.15, -0.1) is 0 Å². The second-order valence-corrected chi connectivity index (χ2v) is 5.71. The van der Waals surface area contributed by atoms with Crippen molar-refractivity contribution in [2.45, 2.75) is 40.0 Å². The van der Waals surface area contributed by atoms with E-state index in [9.17, 15) is 13.2 Å². The van der Waals surface area contributed by atoms with Gasteiger partial charge in [-0.05, 0) is 26.3 Å². The van der Waals surface area contributed by atoms with Crippen LogP contribution in [0.15, 0.2) is 27.7 Å². The standard InChI is InChI=1S/C17H22F3N5O2/c1-4-21-16(24-9-15-25-11(2)12(3)27-15)23-8-13-5-6-14(22-7-13)26-10-17(18,19)20/h5-7H,4,8-10H2,1-3H3,(H2,21,23,24). The first kappa shape index (κ1) is 20.5. The van der Waals surface area contributed by atoms with Crippen LogP contribution in [0.2, 0.25) is 0 Å². The van der Waals surface area contributed by atoms with Crippen LogP contribution in [0.5, 0.6) is 5.88 Å². The van der Waals surface area contributed by atoms with Gasteiger partial charge in [-0.1, -0.05) is 6.07 Å². The molecule has 0 aliphatic carbocycles. The largest absolute Gasteiger partial charge is 0.468 e. The summed E-state index contributed by atoms with van der Waals surface area (Å²) >= 11 is 0. The Morgan fingerprint density at radius 2 is 2.04 bits per heavy atom. The molecule has 0 spiro atoms. The van der Waals surface area contributed by atoms with E-state index in [2.05, 4.69) is 30.3 Å². The van der Waals surface area contributed by atoms with Crippen molar-refractivity contribution >= 4 is 5.96 Å². The van der Waals surface area contributed by atoms with E-state index >= 15 is 0 Å². The van der Waals surface area contributed by atoms with Crippen LogP contribution in [0.1, 0.15) is 29.8 Å². The molecule has 0 fully saturated rings. The van der Waals surface area contributed by atoms with E-state index < -0.39 is 12.8 Å². The Labute approximate surface area is 155 Å². The van der Waals surface area contributed by atoms with Gasteiger partial charge in [0.2, 0.25) is 11.8 Å². The second kappa shape index (κ2) is 9.24. The van der Waals surface area contributed by atoms with Crippen LogP contribution in [0.25, 0.3) is 0 Å². The van der Waals surface area contributed by atoms with Gasteiger partial charge in [0.05, 0.1) is 18.8 Å². The molecule has 2 rings (SSSR count). The zero-order valence-corrected chi connectivity index (χ0v) is 15.4. The van der Waals surface area contributed by atoms with E-state index in [4.69, 9.17) is 4.42 Å². The smallest absolute Gasteiger partial charge is 0.422 e. The molecule has 0 bridgehead atoms. The zero-order valence-electron chi connectivity index (χ0n) is 15.4. The Balaban J connectivity index is 1.91. The van der Waals surface area contributed by atoms with Crippen LogP contribution in [0, 0.1) is 13.8 Å². The highest BCUT2D eigenvalue weighted by Gasteiger charge is 2.28. The fourth-order valence-electron chi connectivity index (χ4n) is 2.03. The molecule has 148 valence electrons. The van der Waals surface area contributed by atoms with E-state index in [1.54, 1.807) is 6.07 Å². The van der Waals surface area contributed by atoms with Crippen molar-refractivity contribution in [3.63, 3.8) is 0 Å². The Hall–Kier alpha value is -2.78. The normalized spacial score (nSPS) is 12.1. The van der Waals surface area contributed by atoms with Crippen molar-refractivity contribution in [2.75, 3.05) is 13.2 Å². The van der Waals surface area contributed by atoms with E-state index in [0.717, 1.165) is 17.0 Å². The number of aromatic nitrogens is 2. The van der Waals surface area contributed by atoms with Gasteiger partial charge in [-0.3, -0.25) is 0 Å². The summed E-state index contributed by atoms with van der Waals surface area (Å²) in [5, 5.41) is 6.20. The number of hydrogen-bond donors (Lipinski definition) is 2. The minimum Gasteiger partial charge on any atom is -0.468 e. The van der Waals surface area contributed by atoms with E-state index in [-0.39, 0.29) is 5.88 Å². The lowest BCUT2D eigenvalue weighted by Crippen LogP contribution is -2.36. The summed E-state index contributed by atoms with van der Waals surface area (Å²) in [6.07, 6.45) is -2.96. The van der Waals surface area contributed by atoms with E-state index in [0.29, 0.717) is 31.5 Å². The lowest BCUT2D eigenvalue weighted by molar-refractivity contribution is -0.154. The number of aliphatic imine (C=N–C) groups is 1. The highest BCUT2D eigenvalue weighted by atomic mass is 19.4. The molecule has 0 saturated heterocycles. The molecule has 2 aromatic rings. The summed E-state index contributed by atoms with van der Waals surface area (Å²) in [4.78, 5) is 12.6. The first-order valence-electron chi connectivity index (χ1n) is 8.36. The number of ether oxygens (including phenoxy) is 1. The molecule has 2 heterocycles. The molecule has 0 saturated carbocycles. The minimum atomic E-state index is -4.39. The van der Waals surface area contributed by atoms with E-state index in [1.807, 2.05) is 20.8 Å². The maximum absolute atomic E-state index is 12.1. The first-order valence-corrected chi connectivity index (χ1v) is 8.36. The number of guanidine groups is 1. The van der Waals surface area contributed by atoms with Crippen LogP contribution < -0.4 is 15.4 Å². The molecule has 0 atom stereocenters. The number of hydrogen-bond acceptors (Lipinski definition) is 5. The molecular weight excluding hydrogens is 363 g/mol. The van der Waals surface area contributed by atoms with Crippen molar-refractivity contribution in [3.8, 4) is 5.88 Å². The SMILES string of the molecule is CCNC(=NCc1ccc(OCC(F)(F)F)nc1)NCc1nc(C)c(C)o1. The molecule has 2 N–H and O–H groups in total. The molecular formula is C17H22F3N5O2. The van der Waals surface area contributed by atoms with Crippen LogP contribution in [-0.4, -0.2) is 35.3 Å². The highest BCUT2D eigenvalue weighted by molar-refractivity contribution is 5.79. The Morgan fingerprint density at radius 3 is 2.59 bits per heavy atom. The van der Waals surface area contributed by atoms with Crippen molar-refractivity contribution in [1.29, 1.82) is 0 Å². The molecule has 0 radical (unpaired) electrons. The number of alkyl halides is 3. The third-order valence-electron chi connectivity index (χ3n) is 3.43. The molecule has 2 aromatic heterocycles. The number of rotatable bonds is 7. The lowest BCUT2D eigenvalue weighted by atomic mass is 10.3. The molecule has 0 aliphatic heterocycles. The third-order valence-corrected chi connectivity index (χ3v) is 3.43. The lowest BCUT2D eigenvalue weighted by Gasteiger charge is -2.10. The van der Waals surface area contributed by atoms with Crippen LogP contribution in [0.3, 0.4) is 0 Å². The number of nitrogens with zero attached hydrogens (tertiary/aromatic N) is 3. The summed E-state index contributed by atoms with van der Waals surface area (Å²) < 4.78 is 46.5. The summed E-state index contributed by atoms with van der Waals surface area (Å²) in [6, 6.07) is 3.00. The second-order valence-electron chi connectivity index (χ2n) is 5.71. The average Bonchev–Trinajstić information content (AvgIpc) is 2.94. The van der Waals surface area contributed by atoms with Crippen LogP contribution in [-0.2, 0) is 13.1 Å². The predicted molar refractivity (Wildman–Crippen MR) is 93.4 cm³/mol. The van der Waals surface area contributed by atoms with Crippen molar-refractivity contribution in [2.24, 2.45) is 4.99 Å². The van der Waals surface area contributed by atoms with E-state index in [1.165, 1.54) is 12.3 Å². The van der Waals surface area contributed by atoms with Gasteiger partial charge in [-0.2, -0.15) is 13.2 Å². The Kier molecular flexibility index (Phi) is 7.03. The summed E-state index contributed by atoms with van der Waals surface area (Å²) in [5.74, 6) is 1.80. The zero-order chi connectivity index (χ0) is 19.9. The monoisotopic (exact) mass is 385 g/mol. The number of nitrogens with one attached hydrogen (secondary N) is 2. The average molecular weight is 385 g/mol. The van der Waals surface area contributed by atoms with Crippen LogP contribution in [0.4, 0.5) is 13.2 Å². The fourth-order valence-corrected chi connectivity index (χ4v) is 2.03.